The fourth-order valence-electron chi connectivity index (χ4n) is 6.81. The maximum atomic E-state index is 14.9. The second-order valence-corrected chi connectivity index (χ2v) is 10.7. The Kier molecular flexibility index (Phi) is 3.86. The lowest BCUT2D eigenvalue weighted by Crippen LogP contribution is -2.43. The van der Waals surface area contributed by atoms with Crippen molar-refractivity contribution >= 4 is 11.9 Å². The van der Waals surface area contributed by atoms with E-state index in [1.165, 1.54) is 38.2 Å². The lowest BCUT2D eigenvalue weighted by atomic mass is 9.76. The summed E-state index contributed by atoms with van der Waals surface area (Å²) in [6, 6.07) is 2.96. The van der Waals surface area contributed by atoms with E-state index in [2.05, 4.69) is 5.32 Å². The van der Waals surface area contributed by atoms with E-state index in [0.29, 0.717) is 31.1 Å². The SMILES string of the molecule is O=C(NC1(C(=O)O)CC1)c1cc(C2CC2)c(OCC23CC4CC(CC2C4)C3)cc1F. The second kappa shape index (κ2) is 6.21. The summed E-state index contributed by atoms with van der Waals surface area (Å²) >= 11 is 0. The zero-order valence-corrected chi connectivity index (χ0v) is 17.1. The third-order valence-electron chi connectivity index (χ3n) is 8.55. The first-order valence-electron chi connectivity index (χ1n) is 11.4. The molecule has 0 radical (unpaired) electrons. The summed E-state index contributed by atoms with van der Waals surface area (Å²) in [6.07, 6.45) is 9.32. The molecule has 0 saturated heterocycles. The van der Waals surface area contributed by atoms with Crippen molar-refractivity contribution in [1.82, 2.24) is 5.32 Å². The smallest absolute Gasteiger partial charge is 0.329 e. The highest BCUT2D eigenvalue weighted by atomic mass is 19.1. The summed E-state index contributed by atoms with van der Waals surface area (Å²) in [5, 5.41) is 11.8. The van der Waals surface area contributed by atoms with Gasteiger partial charge in [0, 0.05) is 11.5 Å². The molecule has 6 heteroatoms. The van der Waals surface area contributed by atoms with Crippen LogP contribution in [-0.4, -0.2) is 29.1 Å². The van der Waals surface area contributed by atoms with Crippen molar-refractivity contribution in [3.8, 4) is 5.75 Å². The fourth-order valence-corrected chi connectivity index (χ4v) is 6.81. The molecule has 0 aromatic heterocycles. The highest BCUT2D eigenvalue weighted by Crippen LogP contribution is 2.65. The van der Waals surface area contributed by atoms with Crippen LogP contribution in [-0.2, 0) is 4.79 Å². The van der Waals surface area contributed by atoms with E-state index in [9.17, 15) is 19.1 Å². The first kappa shape index (κ1) is 18.6. The molecule has 2 N–H and O–H groups in total. The zero-order valence-electron chi connectivity index (χ0n) is 17.1. The van der Waals surface area contributed by atoms with Gasteiger partial charge in [-0.2, -0.15) is 0 Å². The number of carboxylic acid groups (broad SMARTS) is 1. The number of nitrogens with one attached hydrogen (secondary N) is 1. The number of amides is 1. The predicted molar refractivity (Wildman–Crippen MR) is 107 cm³/mol. The van der Waals surface area contributed by atoms with Crippen molar-refractivity contribution in [3.63, 3.8) is 0 Å². The molecule has 2 atom stereocenters. The van der Waals surface area contributed by atoms with E-state index < -0.39 is 23.2 Å². The molecule has 7 rings (SSSR count). The molecular formula is C24H28FNO4. The van der Waals surface area contributed by atoms with Gasteiger partial charge >= 0.3 is 5.97 Å². The van der Waals surface area contributed by atoms with E-state index in [1.807, 2.05) is 0 Å². The van der Waals surface area contributed by atoms with Gasteiger partial charge in [-0.15, -0.1) is 0 Å². The highest BCUT2D eigenvalue weighted by molar-refractivity contribution is 5.99. The van der Waals surface area contributed by atoms with Crippen LogP contribution in [0.4, 0.5) is 4.39 Å². The van der Waals surface area contributed by atoms with Gasteiger partial charge in [-0.3, -0.25) is 4.79 Å². The van der Waals surface area contributed by atoms with Crippen molar-refractivity contribution in [2.75, 3.05) is 6.61 Å². The number of aliphatic carboxylic acids is 1. The molecule has 5 nitrogen and oxygen atoms in total. The normalized spacial score (nSPS) is 34.8. The maximum absolute atomic E-state index is 14.9. The number of rotatable bonds is 7. The van der Waals surface area contributed by atoms with E-state index in [-0.39, 0.29) is 11.0 Å². The summed E-state index contributed by atoms with van der Waals surface area (Å²) < 4.78 is 21.2. The Morgan fingerprint density at radius 1 is 1.13 bits per heavy atom. The molecule has 1 aromatic rings. The molecule has 0 aliphatic heterocycles. The average molecular weight is 413 g/mol. The highest BCUT2D eigenvalue weighted by Gasteiger charge is 2.58. The molecule has 0 heterocycles. The molecule has 6 fully saturated rings. The second-order valence-electron chi connectivity index (χ2n) is 10.7. The Balaban J connectivity index is 1.23. The van der Waals surface area contributed by atoms with Gasteiger partial charge in [0.05, 0.1) is 12.2 Å². The van der Waals surface area contributed by atoms with Crippen LogP contribution in [0.2, 0.25) is 0 Å². The zero-order chi connectivity index (χ0) is 20.7. The summed E-state index contributed by atoms with van der Waals surface area (Å²) in [6.45, 7) is 0.650. The summed E-state index contributed by atoms with van der Waals surface area (Å²) in [5.74, 6) is 0.988. The minimum absolute atomic E-state index is 0.0733. The number of hydrogen-bond acceptors (Lipinski definition) is 3. The van der Waals surface area contributed by atoms with Crippen LogP contribution in [0.25, 0.3) is 0 Å². The summed E-state index contributed by atoms with van der Waals surface area (Å²) in [5.41, 5.74) is -0.134. The standard InChI is InChI=1S/C24H28FNO4/c25-19-9-20(30-12-23-10-13-5-14(11-23)7-16(23)6-13)17(15-1-2-15)8-18(19)21(27)26-24(3-4-24)22(28)29/h8-9,13-16H,1-7,10-12H2,(H,26,27)(H,28,29). The molecule has 2 unspecified atom stereocenters. The van der Waals surface area contributed by atoms with E-state index in [1.54, 1.807) is 6.07 Å². The molecule has 4 bridgehead atoms. The molecule has 6 aliphatic rings. The third-order valence-corrected chi connectivity index (χ3v) is 8.55. The fraction of sp³-hybridized carbons (Fsp3) is 0.667. The molecule has 30 heavy (non-hydrogen) atoms. The number of benzene rings is 1. The number of carbonyl (C=O) groups excluding carboxylic acids is 1. The molecule has 6 saturated carbocycles. The van der Waals surface area contributed by atoms with Crippen LogP contribution < -0.4 is 10.1 Å². The van der Waals surface area contributed by atoms with Crippen molar-refractivity contribution < 1.29 is 23.8 Å². The van der Waals surface area contributed by atoms with E-state index in [4.69, 9.17) is 4.74 Å². The lowest BCUT2D eigenvalue weighted by Gasteiger charge is -2.33. The molecule has 1 amide bonds. The van der Waals surface area contributed by atoms with Gasteiger partial charge in [0.1, 0.15) is 17.1 Å². The topological polar surface area (TPSA) is 75.6 Å². The quantitative estimate of drug-likeness (QED) is 0.701. The van der Waals surface area contributed by atoms with E-state index in [0.717, 1.165) is 36.2 Å². The number of ether oxygens (including phenoxy) is 1. The third kappa shape index (κ3) is 2.86. The minimum Gasteiger partial charge on any atom is -0.493 e. The van der Waals surface area contributed by atoms with Gasteiger partial charge < -0.3 is 15.2 Å². The Morgan fingerprint density at radius 3 is 2.43 bits per heavy atom. The molecular weight excluding hydrogens is 385 g/mol. The Morgan fingerprint density at radius 2 is 1.83 bits per heavy atom. The first-order valence-corrected chi connectivity index (χ1v) is 11.4. The van der Waals surface area contributed by atoms with Crippen LogP contribution in [0.1, 0.15) is 79.6 Å². The number of hydrogen-bond donors (Lipinski definition) is 2. The molecule has 6 aliphatic carbocycles. The molecule has 0 spiro atoms. The van der Waals surface area contributed by atoms with Crippen molar-refractivity contribution in [1.29, 1.82) is 0 Å². The van der Waals surface area contributed by atoms with Gasteiger partial charge in [-0.1, -0.05) is 0 Å². The number of halogens is 1. The van der Waals surface area contributed by atoms with Gasteiger partial charge in [0.2, 0.25) is 0 Å². The van der Waals surface area contributed by atoms with Gasteiger partial charge in [0.15, 0.2) is 0 Å². The lowest BCUT2D eigenvalue weighted by molar-refractivity contribution is -0.140. The van der Waals surface area contributed by atoms with Crippen LogP contribution in [0.15, 0.2) is 12.1 Å². The summed E-state index contributed by atoms with van der Waals surface area (Å²) in [4.78, 5) is 24.0. The molecule has 160 valence electrons. The molecule has 1 aromatic carbocycles. The number of carboxylic acids is 1. The van der Waals surface area contributed by atoms with Crippen LogP contribution in [0, 0.1) is 29.0 Å². The maximum Gasteiger partial charge on any atom is 0.329 e. The first-order chi connectivity index (χ1) is 14.4. The van der Waals surface area contributed by atoms with Crippen LogP contribution >= 0.6 is 0 Å². The van der Waals surface area contributed by atoms with Gasteiger partial charge in [0.25, 0.3) is 5.91 Å². The van der Waals surface area contributed by atoms with Crippen molar-refractivity contribution in [3.05, 3.63) is 29.1 Å². The average Bonchev–Trinajstić information content (AvgIpc) is 3.60. The van der Waals surface area contributed by atoms with Crippen LogP contribution in [0.5, 0.6) is 5.75 Å². The van der Waals surface area contributed by atoms with Gasteiger partial charge in [-0.05, 0) is 93.1 Å². The largest absolute Gasteiger partial charge is 0.493 e. The number of carbonyl (C=O) groups is 2. The Bertz CT molecular complexity index is 921. The Labute approximate surface area is 175 Å². The van der Waals surface area contributed by atoms with E-state index >= 15 is 0 Å². The summed E-state index contributed by atoms with van der Waals surface area (Å²) in [7, 11) is 0. The van der Waals surface area contributed by atoms with Crippen molar-refractivity contribution in [2.24, 2.45) is 23.2 Å². The van der Waals surface area contributed by atoms with Crippen LogP contribution in [0.3, 0.4) is 0 Å². The predicted octanol–water partition coefficient (Wildman–Crippen LogP) is 4.26. The minimum atomic E-state index is -1.22. The monoisotopic (exact) mass is 413 g/mol. The van der Waals surface area contributed by atoms with Crippen molar-refractivity contribution in [2.45, 2.75) is 69.2 Å². The Hall–Kier alpha value is -2.11. The van der Waals surface area contributed by atoms with Gasteiger partial charge in [-0.25, -0.2) is 9.18 Å².